The van der Waals surface area contributed by atoms with E-state index in [-0.39, 0.29) is 0 Å². The number of nitrogens with zero attached hydrogens (tertiary/aromatic N) is 3. The Bertz CT molecular complexity index is 268. The molecular formula is C8H12N4O. The van der Waals surface area contributed by atoms with Crippen molar-refractivity contribution >= 4 is 11.6 Å². The quantitative estimate of drug-likeness (QED) is 0.653. The van der Waals surface area contributed by atoms with E-state index in [1.165, 1.54) is 0 Å². The molecule has 0 amide bonds. The number of rotatable bonds is 1. The Morgan fingerprint density at radius 2 is 1.85 bits per heavy atom. The lowest BCUT2D eigenvalue weighted by Gasteiger charge is -2.28. The highest BCUT2D eigenvalue weighted by Crippen LogP contribution is 2.12. The number of hydrogen-bond donors (Lipinski definition) is 1. The molecule has 2 N–H and O–H groups in total. The smallest absolute Gasteiger partial charge is 0.220 e. The molecule has 70 valence electrons. The van der Waals surface area contributed by atoms with Crippen molar-refractivity contribution in [2.45, 2.75) is 0 Å². The first-order valence-corrected chi connectivity index (χ1v) is 4.26. The lowest BCUT2D eigenvalue weighted by Crippen LogP contribution is -2.36. The Kier molecular flexibility index (Phi) is 2.27. The van der Waals surface area contributed by atoms with E-state index in [9.17, 15) is 0 Å². The molecule has 5 nitrogen and oxygen atoms in total. The van der Waals surface area contributed by atoms with Crippen LogP contribution in [0.25, 0.3) is 0 Å². The first-order valence-electron chi connectivity index (χ1n) is 4.26. The Hall–Kier alpha value is -1.36. The Morgan fingerprint density at radius 3 is 2.46 bits per heavy atom. The topological polar surface area (TPSA) is 64.3 Å². The minimum Gasteiger partial charge on any atom is -0.378 e. The molecule has 1 aliphatic rings. The van der Waals surface area contributed by atoms with E-state index in [0.29, 0.717) is 5.95 Å². The van der Waals surface area contributed by atoms with E-state index in [1.54, 1.807) is 12.4 Å². The number of anilines is 2. The van der Waals surface area contributed by atoms with Crippen LogP contribution in [0.3, 0.4) is 0 Å². The van der Waals surface area contributed by atoms with Crippen LogP contribution in [0.4, 0.5) is 11.6 Å². The molecule has 13 heavy (non-hydrogen) atoms. The van der Waals surface area contributed by atoms with Crippen molar-refractivity contribution < 1.29 is 4.74 Å². The Balaban J connectivity index is 2.10. The number of nitrogen functional groups attached to an aromatic ring is 1. The van der Waals surface area contributed by atoms with Gasteiger partial charge in [-0.15, -0.1) is 0 Å². The number of hydrogen-bond acceptors (Lipinski definition) is 5. The van der Waals surface area contributed by atoms with Crippen LogP contribution < -0.4 is 10.6 Å². The molecule has 1 aromatic rings. The van der Waals surface area contributed by atoms with Gasteiger partial charge in [0, 0.05) is 13.1 Å². The maximum atomic E-state index is 5.39. The van der Waals surface area contributed by atoms with Gasteiger partial charge in [-0.1, -0.05) is 0 Å². The zero-order valence-corrected chi connectivity index (χ0v) is 7.31. The number of aromatic nitrogens is 2. The fourth-order valence-electron chi connectivity index (χ4n) is 1.32. The lowest BCUT2D eigenvalue weighted by atomic mass is 10.4. The molecule has 0 bridgehead atoms. The summed E-state index contributed by atoms with van der Waals surface area (Å²) in [6.07, 6.45) is 3.49. The monoisotopic (exact) mass is 180 g/mol. The van der Waals surface area contributed by atoms with Crippen molar-refractivity contribution in [3.63, 3.8) is 0 Å². The molecule has 0 unspecified atom stereocenters. The fraction of sp³-hybridized carbons (Fsp3) is 0.500. The van der Waals surface area contributed by atoms with Gasteiger partial charge in [-0.05, 0) is 0 Å². The SMILES string of the molecule is Nc1ncc(N2CCOCC2)cn1. The summed E-state index contributed by atoms with van der Waals surface area (Å²) < 4.78 is 5.24. The molecule has 0 radical (unpaired) electrons. The van der Waals surface area contributed by atoms with Gasteiger partial charge in [0.15, 0.2) is 0 Å². The molecule has 0 aromatic carbocycles. The molecule has 1 saturated heterocycles. The number of ether oxygens (including phenoxy) is 1. The summed E-state index contributed by atoms with van der Waals surface area (Å²) >= 11 is 0. The zero-order chi connectivity index (χ0) is 9.10. The summed E-state index contributed by atoms with van der Waals surface area (Å²) in [7, 11) is 0. The molecule has 0 spiro atoms. The van der Waals surface area contributed by atoms with Gasteiger partial charge < -0.3 is 15.4 Å². The molecule has 2 heterocycles. The second kappa shape index (κ2) is 3.57. The highest BCUT2D eigenvalue weighted by Gasteiger charge is 2.11. The standard InChI is InChI=1S/C8H12N4O/c9-8-10-5-7(6-11-8)12-1-3-13-4-2-12/h5-6H,1-4H2,(H2,9,10,11). The maximum Gasteiger partial charge on any atom is 0.220 e. The summed E-state index contributed by atoms with van der Waals surface area (Å²) in [5, 5.41) is 0. The van der Waals surface area contributed by atoms with E-state index in [4.69, 9.17) is 10.5 Å². The predicted molar refractivity (Wildman–Crippen MR) is 49.5 cm³/mol. The van der Waals surface area contributed by atoms with Crippen molar-refractivity contribution in [2.24, 2.45) is 0 Å². The molecule has 1 fully saturated rings. The minimum atomic E-state index is 0.317. The van der Waals surface area contributed by atoms with Crippen LogP contribution in [0.5, 0.6) is 0 Å². The van der Waals surface area contributed by atoms with Crippen molar-refractivity contribution in [3.8, 4) is 0 Å². The fourth-order valence-corrected chi connectivity index (χ4v) is 1.32. The van der Waals surface area contributed by atoms with Crippen LogP contribution in [0.1, 0.15) is 0 Å². The molecule has 1 aromatic heterocycles. The van der Waals surface area contributed by atoms with E-state index in [2.05, 4.69) is 14.9 Å². The van der Waals surface area contributed by atoms with E-state index in [0.717, 1.165) is 32.0 Å². The van der Waals surface area contributed by atoms with Crippen molar-refractivity contribution in [2.75, 3.05) is 36.9 Å². The average molecular weight is 180 g/mol. The molecule has 5 heteroatoms. The van der Waals surface area contributed by atoms with Crippen LogP contribution in [0.15, 0.2) is 12.4 Å². The summed E-state index contributed by atoms with van der Waals surface area (Å²) in [6, 6.07) is 0. The van der Waals surface area contributed by atoms with Gasteiger partial charge in [0.05, 0.1) is 31.3 Å². The normalized spacial score (nSPS) is 17.4. The maximum absolute atomic E-state index is 5.39. The predicted octanol–water partition coefficient (Wildman–Crippen LogP) is -0.105. The number of nitrogens with two attached hydrogens (primary N) is 1. The van der Waals surface area contributed by atoms with Gasteiger partial charge in [0.25, 0.3) is 0 Å². The molecular weight excluding hydrogens is 168 g/mol. The highest BCUT2D eigenvalue weighted by atomic mass is 16.5. The molecule has 0 atom stereocenters. The van der Waals surface area contributed by atoms with Gasteiger partial charge in [0.1, 0.15) is 0 Å². The summed E-state index contributed by atoms with van der Waals surface area (Å²) in [6.45, 7) is 3.33. The summed E-state index contributed by atoms with van der Waals surface area (Å²) in [4.78, 5) is 10.1. The lowest BCUT2D eigenvalue weighted by molar-refractivity contribution is 0.122. The van der Waals surface area contributed by atoms with Crippen LogP contribution >= 0.6 is 0 Å². The average Bonchev–Trinajstić information content (AvgIpc) is 2.20. The van der Waals surface area contributed by atoms with Gasteiger partial charge in [-0.25, -0.2) is 9.97 Å². The molecule has 0 aliphatic carbocycles. The van der Waals surface area contributed by atoms with Crippen LogP contribution in [0, 0.1) is 0 Å². The van der Waals surface area contributed by atoms with E-state index in [1.807, 2.05) is 0 Å². The van der Waals surface area contributed by atoms with E-state index >= 15 is 0 Å². The largest absolute Gasteiger partial charge is 0.378 e. The van der Waals surface area contributed by atoms with Crippen LogP contribution in [0.2, 0.25) is 0 Å². The van der Waals surface area contributed by atoms with Crippen molar-refractivity contribution in [1.29, 1.82) is 0 Å². The van der Waals surface area contributed by atoms with Crippen molar-refractivity contribution in [1.82, 2.24) is 9.97 Å². The van der Waals surface area contributed by atoms with Gasteiger partial charge in [0.2, 0.25) is 5.95 Å². The van der Waals surface area contributed by atoms with Gasteiger partial charge >= 0.3 is 0 Å². The molecule has 0 saturated carbocycles. The second-order valence-corrected chi connectivity index (χ2v) is 2.90. The van der Waals surface area contributed by atoms with E-state index < -0.39 is 0 Å². The first kappa shape index (κ1) is 8.25. The van der Waals surface area contributed by atoms with Gasteiger partial charge in [-0.2, -0.15) is 0 Å². The third-order valence-electron chi connectivity index (χ3n) is 2.03. The zero-order valence-electron chi connectivity index (χ0n) is 7.31. The summed E-state index contributed by atoms with van der Waals surface area (Å²) in [5.41, 5.74) is 6.40. The Labute approximate surface area is 76.5 Å². The third-order valence-corrected chi connectivity index (χ3v) is 2.03. The third kappa shape index (κ3) is 1.86. The molecule has 1 aliphatic heterocycles. The van der Waals surface area contributed by atoms with Crippen molar-refractivity contribution in [3.05, 3.63) is 12.4 Å². The van der Waals surface area contributed by atoms with Crippen LogP contribution in [-0.2, 0) is 4.74 Å². The Morgan fingerprint density at radius 1 is 1.23 bits per heavy atom. The first-order chi connectivity index (χ1) is 6.36. The van der Waals surface area contributed by atoms with Gasteiger partial charge in [-0.3, -0.25) is 0 Å². The number of morpholine rings is 1. The summed E-state index contributed by atoms with van der Waals surface area (Å²) in [5.74, 6) is 0.317. The minimum absolute atomic E-state index is 0.317. The van der Waals surface area contributed by atoms with Crippen LogP contribution in [-0.4, -0.2) is 36.3 Å². The second-order valence-electron chi connectivity index (χ2n) is 2.90. The molecule has 2 rings (SSSR count). The highest BCUT2D eigenvalue weighted by molar-refractivity contribution is 5.43.